The van der Waals surface area contributed by atoms with Gasteiger partial charge in [-0.15, -0.1) is 0 Å². The van der Waals surface area contributed by atoms with Crippen molar-refractivity contribution < 1.29 is 39.9 Å². The Balaban J connectivity index is 0.00000128. The van der Waals surface area contributed by atoms with Crippen molar-refractivity contribution in [2.75, 3.05) is 11.4 Å². The van der Waals surface area contributed by atoms with Crippen LogP contribution in [0.25, 0.3) is 17.2 Å². The average molecular weight is 923 g/mol. The van der Waals surface area contributed by atoms with E-state index in [-0.39, 0.29) is 0 Å². The molecular formula is C54H77F3N2O5S. The Morgan fingerprint density at radius 3 is 1.66 bits per heavy atom. The highest BCUT2D eigenvalue weighted by molar-refractivity contribution is 7.86. The van der Waals surface area contributed by atoms with E-state index in [1.165, 1.54) is 128 Å². The van der Waals surface area contributed by atoms with Crippen LogP contribution in [0.2, 0.25) is 0 Å². The standard InChI is InChI=1S/C53H77N2O2.CHF3O3S/c1-3-5-7-9-11-13-15-17-19-21-23-25-27-29-31-37-46-54-48-40-33-35-42-50(48)56-52(54)44-39-45-53-55(49-41-34-36-43-51(49)57-53)47-38-32-30-28-26-24-22-20-18-16-14-12-10-8-6-4-2;2-1(3,4)8(5,6)7/h11-14,17-20,33-36,39-45H,3-10,15-16,21-32,37-38,46-47H2,1-2H3;(H,5,6,7)/q+1;/p-1/b13-11+,14-12+,19-17+,20-18+;. The van der Waals surface area contributed by atoms with Crippen molar-refractivity contribution in [3.8, 4) is 5.75 Å². The molecule has 0 N–H and O–H groups in total. The molecule has 7 nitrogen and oxygen atoms in total. The summed E-state index contributed by atoms with van der Waals surface area (Å²) in [5, 5.41) is 0. The van der Waals surface area contributed by atoms with E-state index in [0.717, 1.165) is 73.1 Å². The summed E-state index contributed by atoms with van der Waals surface area (Å²) in [6, 6.07) is 16.8. The van der Waals surface area contributed by atoms with Crippen LogP contribution < -0.4 is 14.2 Å². The van der Waals surface area contributed by atoms with Crippen LogP contribution in [0.4, 0.5) is 18.9 Å². The summed E-state index contributed by atoms with van der Waals surface area (Å²) in [7, 11) is -6.09. The van der Waals surface area contributed by atoms with Crippen LogP contribution in [0.5, 0.6) is 5.75 Å². The van der Waals surface area contributed by atoms with E-state index in [4.69, 9.17) is 22.1 Å². The summed E-state index contributed by atoms with van der Waals surface area (Å²) in [6.07, 6.45) is 55.3. The van der Waals surface area contributed by atoms with Gasteiger partial charge in [0.25, 0.3) is 5.52 Å². The molecular weight excluding hydrogens is 846 g/mol. The smallest absolute Gasteiger partial charge is 0.485 e. The predicted octanol–water partition coefficient (Wildman–Crippen LogP) is 16.2. The van der Waals surface area contributed by atoms with Gasteiger partial charge >= 0.3 is 11.4 Å². The van der Waals surface area contributed by atoms with E-state index in [1.54, 1.807) is 0 Å². The fraction of sp³-hybridized carbons (Fsp3) is 0.537. The maximum Gasteiger partial charge on any atom is 0.485 e. The minimum atomic E-state index is -6.09. The van der Waals surface area contributed by atoms with Gasteiger partial charge in [-0.1, -0.05) is 157 Å². The van der Waals surface area contributed by atoms with Gasteiger partial charge in [0.2, 0.25) is 11.5 Å². The minimum absolute atomic E-state index is 0.892. The number of fused-ring (bicyclic) bond motifs is 2. The van der Waals surface area contributed by atoms with Crippen molar-refractivity contribution >= 4 is 33.0 Å². The Labute approximate surface area is 389 Å². The van der Waals surface area contributed by atoms with Crippen molar-refractivity contribution in [2.24, 2.45) is 0 Å². The first-order valence-corrected chi connectivity index (χ1v) is 25.9. The Morgan fingerprint density at radius 1 is 0.631 bits per heavy atom. The minimum Gasteiger partial charge on any atom is -0.741 e. The number of aryl methyl sites for hydroxylation is 1. The molecule has 0 saturated carbocycles. The highest BCUT2D eigenvalue weighted by Gasteiger charge is 2.37. The molecule has 0 amide bonds. The molecule has 0 radical (unpaired) electrons. The lowest BCUT2D eigenvalue weighted by Crippen LogP contribution is -2.35. The maximum absolute atomic E-state index is 10.7. The normalized spacial score (nSPS) is 14.0. The molecule has 2 heterocycles. The second-order valence-corrected chi connectivity index (χ2v) is 18.1. The number of nitrogens with zero attached hydrogens (tertiary/aromatic N) is 2. The molecule has 1 aliphatic rings. The zero-order chi connectivity index (χ0) is 46.9. The number of unbranched alkanes of at least 4 members (excludes halogenated alkanes) is 18. The molecule has 4 rings (SSSR count). The first-order chi connectivity index (χ1) is 31.6. The molecule has 0 spiro atoms. The molecule has 1 aromatic heterocycles. The average Bonchev–Trinajstić information content (AvgIpc) is 3.82. The van der Waals surface area contributed by atoms with Gasteiger partial charge in [-0.3, -0.25) is 0 Å². The number of rotatable bonds is 32. The third kappa shape index (κ3) is 23.1. The van der Waals surface area contributed by atoms with E-state index in [2.05, 4.69) is 139 Å². The number of ether oxygens (including phenoxy) is 1. The molecule has 0 saturated heterocycles. The van der Waals surface area contributed by atoms with E-state index in [9.17, 15) is 13.2 Å². The van der Waals surface area contributed by atoms with Crippen molar-refractivity contribution in [1.82, 2.24) is 0 Å². The Morgan fingerprint density at radius 2 is 1.11 bits per heavy atom. The zero-order valence-electron chi connectivity index (χ0n) is 39.3. The number of para-hydroxylation sites is 4. The molecule has 65 heavy (non-hydrogen) atoms. The monoisotopic (exact) mass is 923 g/mol. The number of hydrogen-bond acceptors (Lipinski definition) is 6. The Kier molecular flexibility index (Phi) is 28.1. The molecule has 3 aromatic rings. The molecule has 0 aliphatic carbocycles. The number of anilines is 1. The van der Waals surface area contributed by atoms with Crippen LogP contribution in [0.15, 0.2) is 120 Å². The molecule has 0 fully saturated rings. The molecule has 11 heteroatoms. The van der Waals surface area contributed by atoms with Gasteiger partial charge in [0.15, 0.2) is 22.4 Å². The van der Waals surface area contributed by atoms with Crippen LogP contribution in [-0.2, 0) is 16.7 Å². The highest BCUT2D eigenvalue weighted by atomic mass is 32.2. The van der Waals surface area contributed by atoms with Gasteiger partial charge in [-0.2, -0.15) is 17.7 Å². The fourth-order valence-corrected chi connectivity index (χ4v) is 7.54. The van der Waals surface area contributed by atoms with E-state index in [1.807, 2.05) is 0 Å². The number of halogens is 3. The molecule has 360 valence electrons. The number of allylic oxidation sites excluding steroid dienone is 10. The summed E-state index contributed by atoms with van der Waals surface area (Å²) >= 11 is 0. The van der Waals surface area contributed by atoms with E-state index >= 15 is 0 Å². The van der Waals surface area contributed by atoms with Crippen molar-refractivity contribution in [3.63, 3.8) is 0 Å². The molecule has 1 aliphatic heterocycles. The van der Waals surface area contributed by atoms with Gasteiger partial charge < -0.3 is 18.6 Å². The SMILES string of the molecule is CCCCC/C=C/C/C=C/CCCCCCCCN1/C(=C/C=C/c2oc3ccccc3[n+]2CCCCCCCC/C=C/C/C=C/CCCCC)Oc2ccccc21.O=S(=O)([O-])C(F)(F)F. The lowest BCUT2D eigenvalue weighted by molar-refractivity contribution is -0.678. The van der Waals surface area contributed by atoms with E-state index in [0.29, 0.717) is 0 Å². The quantitative estimate of drug-likeness (QED) is 0.0204. The number of benzene rings is 2. The topological polar surface area (TPSA) is 86.7 Å². The lowest BCUT2D eigenvalue weighted by Gasteiger charge is -2.18. The molecule has 0 bridgehead atoms. The van der Waals surface area contributed by atoms with Crippen LogP contribution in [0.1, 0.15) is 174 Å². The first-order valence-electron chi connectivity index (χ1n) is 24.5. The maximum atomic E-state index is 10.7. The third-order valence-corrected chi connectivity index (χ3v) is 11.8. The van der Waals surface area contributed by atoms with E-state index < -0.39 is 15.6 Å². The molecule has 0 unspecified atom stereocenters. The summed E-state index contributed by atoms with van der Waals surface area (Å²) in [5.74, 6) is 2.72. The van der Waals surface area contributed by atoms with Gasteiger partial charge in [0.05, 0.1) is 11.8 Å². The summed E-state index contributed by atoms with van der Waals surface area (Å²) in [4.78, 5) is 2.35. The summed E-state index contributed by atoms with van der Waals surface area (Å²) in [5.41, 5.74) is -2.38. The Hall–Kier alpha value is -4.35. The van der Waals surface area contributed by atoms with Gasteiger partial charge in [0.1, 0.15) is 0 Å². The number of aromatic nitrogens is 1. The molecule has 0 atom stereocenters. The highest BCUT2D eigenvalue weighted by Crippen LogP contribution is 2.39. The van der Waals surface area contributed by atoms with Crippen LogP contribution in [-0.4, -0.2) is 25.0 Å². The fourth-order valence-electron chi connectivity index (χ4n) is 7.54. The van der Waals surface area contributed by atoms with Crippen molar-refractivity contribution in [1.29, 1.82) is 0 Å². The third-order valence-electron chi connectivity index (χ3n) is 11.2. The largest absolute Gasteiger partial charge is 0.741 e. The van der Waals surface area contributed by atoms with Gasteiger partial charge in [0, 0.05) is 19.0 Å². The first kappa shape index (κ1) is 55.0. The molecule has 2 aromatic carbocycles. The zero-order valence-corrected chi connectivity index (χ0v) is 40.1. The summed E-state index contributed by atoms with van der Waals surface area (Å²) < 4.78 is 74.0. The van der Waals surface area contributed by atoms with Gasteiger partial charge in [-0.05, 0) is 107 Å². The second-order valence-electron chi connectivity index (χ2n) is 16.7. The number of oxazole rings is 1. The van der Waals surface area contributed by atoms with Crippen molar-refractivity contribution in [3.05, 3.63) is 121 Å². The second kappa shape index (κ2) is 33.2. The van der Waals surface area contributed by atoms with Crippen LogP contribution in [0.3, 0.4) is 0 Å². The van der Waals surface area contributed by atoms with Crippen LogP contribution in [0, 0.1) is 0 Å². The Bertz CT molecular complexity index is 2030. The van der Waals surface area contributed by atoms with Crippen LogP contribution >= 0.6 is 0 Å². The van der Waals surface area contributed by atoms with Crippen molar-refractivity contribution in [2.45, 2.75) is 180 Å². The van der Waals surface area contributed by atoms with Gasteiger partial charge in [-0.25, -0.2) is 8.42 Å². The number of alkyl halides is 3. The predicted molar refractivity (Wildman–Crippen MR) is 262 cm³/mol. The lowest BCUT2D eigenvalue weighted by atomic mass is 10.1. The summed E-state index contributed by atoms with van der Waals surface area (Å²) in [6.45, 7) is 6.45. The number of hydrogen-bond donors (Lipinski definition) is 0.